The molecule has 0 atom stereocenters. The molecule has 0 fully saturated rings. The average Bonchev–Trinajstić information content (AvgIpc) is 2.19. The van der Waals surface area contributed by atoms with E-state index in [9.17, 15) is 9.59 Å². The first-order chi connectivity index (χ1) is 7.94. The Bertz CT molecular complexity index is 272. The van der Waals surface area contributed by atoms with E-state index >= 15 is 0 Å². The van der Waals surface area contributed by atoms with Crippen LogP contribution in [0.1, 0.15) is 34.6 Å². The molecule has 0 radical (unpaired) electrons. The zero-order chi connectivity index (χ0) is 14.6. The molecule has 106 valence electrons. The van der Waals surface area contributed by atoms with Crippen LogP contribution in [-0.4, -0.2) is 33.8 Å². The summed E-state index contributed by atoms with van der Waals surface area (Å²) in [5.74, 6) is -0.703. The molecule has 0 saturated heterocycles. The maximum atomic E-state index is 11.5. The molecule has 0 rings (SSSR count). The Labute approximate surface area is 125 Å². The zero-order valence-corrected chi connectivity index (χ0v) is 14.6. The summed E-state index contributed by atoms with van der Waals surface area (Å²) in [6.07, 6.45) is 0. The molecule has 0 spiro atoms. The molecular weight excluding hydrogens is 368 g/mol. The number of hydrogen-bond acceptors (Lipinski definition) is 4. The molecule has 0 unspecified atom stereocenters. The number of carbonyl (C=O) groups excluding carboxylic acids is 2. The van der Waals surface area contributed by atoms with Gasteiger partial charge in [-0.3, -0.25) is 9.59 Å². The van der Waals surface area contributed by atoms with Gasteiger partial charge >= 0.3 is 11.9 Å². The highest BCUT2D eigenvalue weighted by atomic mass is 79.9. The van der Waals surface area contributed by atoms with Gasteiger partial charge in [-0.2, -0.15) is 0 Å². The second kappa shape index (κ2) is 6.89. The van der Waals surface area contributed by atoms with Crippen LogP contribution in [-0.2, 0) is 19.1 Å². The van der Waals surface area contributed by atoms with Crippen LogP contribution < -0.4 is 0 Å². The number of halogens is 2. The van der Waals surface area contributed by atoms with Crippen molar-refractivity contribution in [2.75, 3.05) is 13.2 Å². The standard InChI is InChI=1S/C12H20Br2O4/c1-8(6-17-9(15)11(2,3)13)7-18-10(16)12(4,5)14/h8H,6-7H2,1-5H3. The Balaban J connectivity index is 3.97. The molecule has 0 aromatic carbocycles. The number of rotatable bonds is 6. The van der Waals surface area contributed by atoms with Gasteiger partial charge < -0.3 is 9.47 Å². The van der Waals surface area contributed by atoms with Crippen LogP contribution in [0.25, 0.3) is 0 Å². The van der Waals surface area contributed by atoms with Gasteiger partial charge in [0.1, 0.15) is 8.65 Å². The smallest absolute Gasteiger partial charge is 0.322 e. The summed E-state index contributed by atoms with van der Waals surface area (Å²) in [5.41, 5.74) is 0. The number of carbonyl (C=O) groups is 2. The maximum Gasteiger partial charge on any atom is 0.322 e. The number of alkyl halides is 2. The Hall–Kier alpha value is -0.100. The van der Waals surface area contributed by atoms with E-state index in [1.807, 2.05) is 6.92 Å². The number of hydrogen-bond donors (Lipinski definition) is 0. The van der Waals surface area contributed by atoms with Crippen molar-refractivity contribution >= 4 is 43.8 Å². The van der Waals surface area contributed by atoms with Gasteiger partial charge in [-0.15, -0.1) is 0 Å². The predicted octanol–water partition coefficient (Wildman–Crippen LogP) is 3.06. The lowest BCUT2D eigenvalue weighted by atomic mass is 10.2. The second-order valence-corrected chi connectivity index (χ2v) is 9.21. The van der Waals surface area contributed by atoms with Crippen molar-refractivity contribution < 1.29 is 19.1 Å². The van der Waals surface area contributed by atoms with Gasteiger partial charge in [-0.25, -0.2) is 0 Å². The average molecular weight is 388 g/mol. The summed E-state index contributed by atoms with van der Waals surface area (Å²) >= 11 is 6.43. The number of ether oxygens (including phenoxy) is 2. The van der Waals surface area contributed by atoms with Gasteiger partial charge in [0.2, 0.25) is 0 Å². The summed E-state index contributed by atoms with van der Waals surface area (Å²) in [7, 11) is 0. The van der Waals surface area contributed by atoms with E-state index in [2.05, 4.69) is 31.9 Å². The summed E-state index contributed by atoms with van der Waals surface area (Å²) in [4.78, 5) is 23.0. The molecule has 18 heavy (non-hydrogen) atoms. The Morgan fingerprint density at radius 2 is 1.22 bits per heavy atom. The highest BCUT2D eigenvalue weighted by Gasteiger charge is 2.27. The fourth-order valence-corrected chi connectivity index (χ4v) is 1.06. The first kappa shape index (κ1) is 17.9. The Morgan fingerprint density at radius 1 is 0.944 bits per heavy atom. The van der Waals surface area contributed by atoms with Crippen molar-refractivity contribution in [3.63, 3.8) is 0 Å². The third-order valence-electron chi connectivity index (χ3n) is 1.97. The van der Waals surface area contributed by atoms with Gasteiger partial charge in [-0.1, -0.05) is 38.8 Å². The molecular formula is C12H20Br2O4. The van der Waals surface area contributed by atoms with Gasteiger partial charge in [-0.05, 0) is 27.7 Å². The van der Waals surface area contributed by atoms with Crippen molar-refractivity contribution in [1.29, 1.82) is 0 Å². The lowest BCUT2D eigenvalue weighted by Gasteiger charge is -2.19. The molecule has 6 heteroatoms. The number of esters is 2. The van der Waals surface area contributed by atoms with Crippen molar-refractivity contribution in [2.45, 2.75) is 43.3 Å². The third-order valence-corrected chi connectivity index (χ3v) is 2.62. The van der Waals surface area contributed by atoms with E-state index in [-0.39, 0.29) is 31.1 Å². The van der Waals surface area contributed by atoms with Crippen molar-refractivity contribution in [1.82, 2.24) is 0 Å². The zero-order valence-electron chi connectivity index (χ0n) is 11.4. The topological polar surface area (TPSA) is 52.6 Å². The molecule has 0 amide bonds. The van der Waals surface area contributed by atoms with E-state index < -0.39 is 8.65 Å². The van der Waals surface area contributed by atoms with Gasteiger partial charge in [0.25, 0.3) is 0 Å². The fourth-order valence-electron chi connectivity index (χ4n) is 0.827. The maximum absolute atomic E-state index is 11.5. The molecule has 0 heterocycles. The Kier molecular flexibility index (Phi) is 6.85. The summed E-state index contributed by atoms with van der Waals surface area (Å²) in [6.45, 7) is 9.16. The highest BCUT2D eigenvalue weighted by molar-refractivity contribution is 9.10. The summed E-state index contributed by atoms with van der Waals surface area (Å²) in [5, 5.41) is 0. The second-order valence-electron chi connectivity index (χ2n) is 5.25. The minimum atomic E-state index is -0.693. The molecule has 0 aromatic rings. The van der Waals surface area contributed by atoms with Crippen molar-refractivity contribution in [2.24, 2.45) is 5.92 Å². The molecule has 0 aliphatic carbocycles. The minimum Gasteiger partial charge on any atom is -0.464 e. The summed E-state index contributed by atoms with van der Waals surface area (Å²) in [6, 6.07) is 0. The SMILES string of the molecule is CC(COC(=O)C(C)(C)Br)COC(=O)C(C)(C)Br. The molecule has 4 nitrogen and oxygen atoms in total. The van der Waals surface area contributed by atoms with E-state index in [0.717, 1.165) is 0 Å². The third kappa shape index (κ3) is 7.36. The fraction of sp³-hybridized carbons (Fsp3) is 0.833. The predicted molar refractivity (Wildman–Crippen MR) is 77.1 cm³/mol. The lowest BCUT2D eigenvalue weighted by Crippen LogP contribution is -2.31. The van der Waals surface area contributed by atoms with Crippen LogP contribution in [0.2, 0.25) is 0 Å². The van der Waals surface area contributed by atoms with E-state index in [4.69, 9.17) is 9.47 Å². The van der Waals surface area contributed by atoms with Crippen LogP contribution in [0, 0.1) is 5.92 Å². The monoisotopic (exact) mass is 386 g/mol. The van der Waals surface area contributed by atoms with Gasteiger partial charge in [0.15, 0.2) is 0 Å². The van der Waals surface area contributed by atoms with Crippen LogP contribution in [0.5, 0.6) is 0 Å². The molecule has 0 aromatic heterocycles. The molecule has 0 aliphatic rings. The minimum absolute atomic E-state index is 0.0393. The molecule has 0 N–H and O–H groups in total. The highest BCUT2D eigenvalue weighted by Crippen LogP contribution is 2.19. The lowest BCUT2D eigenvalue weighted by molar-refractivity contribution is -0.150. The van der Waals surface area contributed by atoms with E-state index in [1.54, 1.807) is 27.7 Å². The quantitative estimate of drug-likeness (QED) is 0.519. The van der Waals surface area contributed by atoms with E-state index in [0.29, 0.717) is 0 Å². The summed E-state index contributed by atoms with van der Waals surface area (Å²) < 4.78 is 8.81. The van der Waals surface area contributed by atoms with Crippen LogP contribution in [0.4, 0.5) is 0 Å². The molecule has 0 saturated carbocycles. The first-order valence-corrected chi connectivity index (χ1v) is 7.25. The molecule has 0 bridgehead atoms. The van der Waals surface area contributed by atoms with Crippen LogP contribution >= 0.6 is 31.9 Å². The van der Waals surface area contributed by atoms with Crippen LogP contribution in [0.3, 0.4) is 0 Å². The largest absolute Gasteiger partial charge is 0.464 e. The normalized spacial score (nSPS) is 12.4. The van der Waals surface area contributed by atoms with Crippen LogP contribution in [0.15, 0.2) is 0 Å². The van der Waals surface area contributed by atoms with Crippen molar-refractivity contribution in [3.8, 4) is 0 Å². The van der Waals surface area contributed by atoms with Gasteiger partial charge in [0.05, 0.1) is 13.2 Å². The first-order valence-electron chi connectivity index (χ1n) is 5.67. The molecule has 0 aliphatic heterocycles. The Morgan fingerprint density at radius 3 is 1.44 bits per heavy atom. The van der Waals surface area contributed by atoms with Gasteiger partial charge in [0, 0.05) is 5.92 Å². The van der Waals surface area contributed by atoms with Crippen molar-refractivity contribution in [3.05, 3.63) is 0 Å². The van der Waals surface area contributed by atoms with E-state index in [1.165, 1.54) is 0 Å².